The molecule has 6 nitrogen and oxygen atoms in total. The summed E-state index contributed by atoms with van der Waals surface area (Å²) in [6, 6.07) is 4.94. The zero-order valence-electron chi connectivity index (χ0n) is 13.0. The van der Waals surface area contributed by atoms with Crippen LogP contribution in [0.3, 0.4) is 0 Å². The molecular formula is C15H18ClN3O3S. The molecule has 1 aliphatic rings. The highest BCUT2D eigenvalue weighted by Crippen LogP contribution is 2.31. The van der Waals surface area contributed by atoms with Crippen molar-refractivity contribution in [3.05, 3.63) is 40.5 Å². The fourth-order valence-corrected chi connectivity index (χ4v) is 4.85. The number of rotatable bonds is 3. The Hall–Kier alpha value is -1.44. The zero-order chi connectivity index (χ0) is 16.6. The van der Waals surface area contributed by atoms with Gasteiger partial charge in [0.2, 0.25) is 15.9 Å². The molecule has 2 aromatic rings. The number of nitrogens with zero attached hydrogens (tertiary/aromatic N) is 3. The summed E-state index contributed by atoms with van der Waals surface area (Å²) in [5.41, 5.74) is 0.574. The van der Waals surface area contributed by atoms with E-state index in [-0.39, 0.29) is 10.8 Å². The van der Waals surface area contributed by atoms with Gasteiger partial charge in [0, 0.05) is 18.1 Å². The van der Waals surface area contributed by atoms with E-state index in [1.807, 2.05) is 0 Å². The van der Waals surface area contributed by atoms with Crippen LogP contribution < -0.4 is 0 Å². The number of benzene rings is 1. The van der Waals surface area contributed by atoms with E-state index in [9.17, 15) is 8.42 Å². The normalized spacial score (nSPS) is 19.9. The number of aromatic nitrogens is 2. The summed E-state index contributed by atoms with van der Waals surface area (Å²) in [6.45, 7) is 4.30. The lowest BCUT2D eigenvalue weighted by molar-refractivity contribution is 0.265. The Bertz CT molecular complexity index is 819. The quantitative estimate of drug-likeness (QED) is 0.846. The molecule has 0 aliphatic carbocycles. The Morgan fingerprint density at radius 2 is 2.13 bits per heavy atom. The second kappa shape index (κ2) is 6.22. The summed E-state index contributed by atoms with van der Waals surface area (Å²) >= 11 is 6.07. The molecular weight excluding hydrogens is 338 g/mol. The maximum absolute atomic E-state index is 12.9. The van der Waals surface area contributed by atoms with Crippen LogP contribution in [0.5, 0.6) is 0 Å². The van der Waals surface area contributed by atoms with Crippen molar-refractivity contribution < 1.29 is 12.9 Å². The highest BCUT2D eigenvalue weighted by Gasteiger charge is 2.34. The van der Waals surface area contributed by atoms with Gasteiger partial charge in [0.15, 0.2) is 5.82 Å². The van der Waals surface area contributed by atoms with Crippen LogP contribution in [0.2, 0.25) is 5.02 Å². The first-order chi connectivity index (χ1) is 10.9. The van der Waals surface area contributed by atoms with Crippen LogP contribution in [-0.4, -0.2) is 36.0 Å². The van der Waals surface area contributed by atoms with Crippen LogP contribution in [0.15, 0.2) is 27.6 Å². The number of hydrogen-bond donors (Lipinski definition) is 0. The topological polar surface area (TPSA) is 76.3 Å². The van der Waals surface area contributed by atoms with Crippen LogP contribution >= 0.6 is 11.6 Å². The van der Waals surface area contributed by atoms with E-state index in [0.29, 0.717) is 35.4 Å². The Morgan fingerprint density at radius 1 is 1.35 bits per heavy atom. The molecule has 8 heteroatoms. The lowest BCUT2D eigenvalue weighted by Gasteiger charge is -2.30. The summed E-state index contributed by atoms with van der Waals surface area (Å²) in [6.07, 6.45) is 1.59. The predicted molar refractivity (Wildman–Crippen MR) is 86.0 cm³/mol. The highest BCUT2D eigenvalue weighted by molar-refractivity contribution is 7.89. The molecule has 0 bridgehead atoms. The van der Waals surface area contributed by atoms with Crippen LogP contribution in [0.4, 0.5) is 0 Å². The van der Waals surface area contributed by atoms with Crippen molar-refractivity contribution in [3.63, 3.8) is 0 Å². The molecule has 1 aromatic carbocycles. The molecule has 1 atom stereocenters. The van der Waals surface area contributed by atoms with Crippen LogP contribution in [-0.2, 0) is 10.0 Å². The van der Waals surface area contributed by atoms with Gasteiger partial charge in [-0.1, -0.05) is 22.8 Å². The minimum atomic E-state index is -3.59. The van der Waals surface area contributed by atoms with E-state index in [1.54, 1.807) is 32.0 Å². The van der Waals surface area contributed by atoms with Crippen molar-refractivity contribution in [2.75, 3.05) is 13.1 Å². The van der Waals surface area contributed by atoms with E-state index in [1.165, 1.54) is 4.31 Å². The molecule has 3 rings (SSSR count). The largest absolute Gasteiger partial charge is 0.339 e. The molecule has 1 aliphatic heterocycles. The van der Waals surface area contributed by atoms with Gasteiger partial charge in [0.05, 0.1) is 10.8 Å². The molecule has 0 radical (unpaired) electrons. The van der Waals surface area contributed by atoms with Crippen molar-refractivity contribution in [1.29, 1.82) is 0 Å². The molecule has 1 fully saturated rings. The van der Waals surface area contributed by atoms with Crippen LogP contribution in [0.1, 0.15) is 36.0 Å². The van der Waals surface area contributed by atoms with Gasteiger partial charge in [-0.05, 0) is 44.4 Å². The number of sulfonamides is 1. The maximum Gasteiger partial charge on any atom is 0.243 e. The second-order valence-corrected chi connectivity index (χ2v) is 8.06. The van der Waals surface area contributed by atoms with Gasteiger partial charge < -0.3 is 4.52 Å². The van der Waals surface area contributed by atoms with Gasteiger partial charge in [-0.2, -0.15) is 9.29 Å². The van der Waals surface area contributed by atoms with Crippen LogP contribution in [0.25, 0.3) is 0 Å². The molecule has 23 heavy (non-hydrogen) atoms. The van der Waals surface area contributed by atoms with Gasteiger partial charge in [-0.25, -0.2) is 8.42 Å². The Labute approximate surface area is 140 Å². The van der Waals surface area contributed by atoms with Gasteiger partial charge >= 0.3 is 0 Å². The third kappa shape index (κ3) is 3.13. The first-order valence-electron chi connectivity index (χ1n) is 7.45. The maximum atomic E-state index is 12.9. The van der Waals surface area contributed by atoms with Gasteiger partial charge in [-0.3, -0.25) is 0 Å². The number of hydrogen-bond acceptors (Lipinski definition) is 5. The van der Waals surface area contributed by atoms with E-state index in [2.05, 4.69) is 10.1 Å². The molecule has 1 aromatic heterocycles. The van der Waals surface area contributed by atoms with E-state index in [0.717, 1.165) is 12.8 Å². The Kier molecular flexibility index (Phi) is 4.44. The highest BCUT2D eigenvalue weighted by atomic mass is 35.5. The summed E-state index contributed by atoms with van der Waals surface area (Å²) in [5, 5.41) is 4.24. The molecule has 2 heterocycles. The molecule has 1 unspecified atom stereocenters. The fraction of sp³-hybridized carbons (Fsp3) is 0.467. The standard InChI is InChI=1S/C15H18ClN3O3S/c1-10-13(16)6-3-7-14(10)23(20,21)19-8-4-5-12(9-19)15-17-11(2)18-22-15/h3,6-7,12H,4-5,8-9H2,1-2H3. The van der Waals surface area contributed by atoms with Crippen molar-refractivity contribution >= 4 is 21.6 Å². The van der Waals surface area contributed by atoms with E-state index in [4.69, 9.17) is 16.1 Å². The lowest BCUT2D eigenvalue weighted by atomic mass is 10.00. The molecule has 0 spiro atoms. The lowest BCUT2D eigenvalue weighted by Crippen LogP contribution is -2.39. The van der Waals surface area contributed by atoms with Gasteiger partial charge in [0.25, 0.3) is 0 Å². The van der Waals surface area contributed by atoms with Crippen molar-refractivity contribution in [2.24, 2.45) is 0 Å². The molecule has 124 valence electrons. The molecule has 0 amide bonds. The first kappa shape index (κ1) is 16.4. The van der Waals surface area contributed by atoms with Crippen LogP contribution in [0, 0.1) is 13.8 Å². The van der Waals surface area contributed by atoms with Crippen molar-refractivity contribution in [3.8, 4) is 0 Å². The molecule has 1 saturated heterocycles. The summed E-state index contributed by atoms with van der Waals surface area (Å²) in [5.74, 6) is 0.995. The van der Waals surface area contributed by atoms with Gasteiger partial charge in [-0.15, -0.1) is 0 Å². The minimum absolute atomic E-state index is 0.0702. The Balaban J connectivity index is 1.89. The third-order valence-corrected chi connectivity index (χ3v) is 6.53. The zero-order valence-corrected chi connectivity index (χ0v) is 14.6. The third-order valence-electron chi connectivity index (χ3n) is 4.11. The minimum Gasteiger partial charge on any atom is -0.339 e. The number of aryl methyl sites for hydroxylation is 1. The SMILES string of the molecule is Cc1noc(C2CCCN(S(=O)(=O)c3cccc(Cl)c3C)C2)n1. The second-order valence-electron chi connectivity index (χ2n) is 5.75. The van der Waals surface area contributed by atoms with E-state index >= 15 is 0 Å². The number of piperidine rings is 1. The predicted octanol–water partition coefficient (Wildman–Crippen LogP) is 2.91. The first-order valence-corrected chi connectivity index (χ1v) is 9.27. The van der Waals surface area contributed by atoms with Gasteiger partial charge in [0.1, 0.15) is 0 Å². The van der Waals surface area contributed by atoms with E-state index < -0.39 is 10.0 Å². The van der Waals surface area contributed by atoms with Crippen molar-refractivity contribution in [2.45, 2.75) is 37.5 Å². The molecule has 0 N–H and O–H groups in total. The van der Waals surface area contributed by atoms with Crippen molar-refractivity contribution in [1.82, 2.24) is 14.4 Å². The molecule has 0 saturated carbocycles. The smallest absolute Gasteiger partial charge is 0.243 e. The average Bonchev–Trinajstić information content (AvgIpc) is 2.96. The summed E-state index contributed by atoms with van der Waals surface area (Å²) in [7, 11) is -3.59. The summed E-state index contributed by atoms with van der Waals surface area (Å²) < 4.78 is 32.6. The fourth-order valence-electron chi connectivity index (χ4n) is 2.85. The Morgan fingerprint density at radius 3 is 2.83 bits per heavy atom. The monoisotopic (exact) mass is 355 g/mol. The average molecular weight is 356 g/mol. The summed E-state index contributed by atoms with van der Waals surface area (Å²) in [4.78, 5) is 4.49. The number of halogens is 1.